The van der Waals surface area contributed by atoms with Gasteiger partial charge in [0.05, 0.1) is 29.2 Å². The van der Waals surface area contributed by atoms with Crippen LogP contribution in [0.5, 0.6) is 11.8 Å². The van der Waals surface area contributed by atoms with Gasteiger partial charge in [-0.1, -0.05) is 29.8 Å². The molecule has 4 heterocycles. The molecule has 0 spiro atoms. The van der Waals surface area contributed by atoms with Crippen LogP contribution in [0.4, 0.5) is 5.82 Å². The number of phenols is 1. The number of nitrogens with zero attached hydrogens (tertiary/aromatic N) is 7. The van der Waals surface area contributed by atoms with Crippen LogP contribution in [-0.4, -0.2) is 87.6 Å². The molecular formula is C28H33Cl2N7O3. The molecule has 3 aliphatic heterocycles. The number of hydrogen-bond acceptors (Lipinski definition) is 9. The molecule has 1 aromatic carbocycles. The normalized spacial score (nSPS) is 21.4. The SMILES string of the molecule is C=CC(=O)N1CCN(c2nc(OC[C@@H]3CCCN3C)nc3c2CN(Cc2c(Cl)ccc(O)c2Cl)C3)C[C@@H]1CC#N. The van der Waals surface area contributed by atoms with Crippen molar-refractivity contribution in [3.8, 4) is 17.8 Å². The minimum atomic E-state index is -0.284. The lowest BCUT2D eigenvalue weighted by atomic mass is 10.1. The van der Waals surface area contributed by atoms with Crippen molar-refractivity contribution in [3.05, 3.63) is 51.7 Å². The Bertz CT molecular complexity index is 1330. The van der Waals surface area contributed by atoms with Gasteiger partial charge in [0.2, 0.25) is 5.91 Å². The molecule has 0 saturated carbocycles. The predicted molar refractivity (Wildman–Crippen MR) is 152 cm³/mol. The third-order valence-corrected chi connectivity index (χ3v) is 8.77. The lowest BCUT2D eigenvalue weighted by molar-refractivity contribution is -0.128. The Hall–Kier alpha value is -3.10. The van der Waals surface area contributed by atoms with Gasteiger partial charge in [0.25, 0.3) is 0 Å². The average molecular weight is 587 g/mol. The maximum atomic E-state index is 12.5. The Kier molecular flexibility index (Phi) is 8.66. The highest BCUT2D eigenvalue weighted by atomic mass is 35.5. The van der Waals surface area contributed by atoms with Crippen molar-refractivity contribution in [2.45, 2.75) is 51.0 Å². The molecule has 2 atom stereocenters. The van der Waals surface area contributed by atoms with Gasteiger partial charge in [-0.2, -0.15) is 15.2 Å². The summed E-state index contributed by atoms with van der Waals surface area (Å²) in [4.78, 5) is 30.4. The van der Waals surface area contributed by atoms with E-state index in [2.05, 4.69) is 34.4 Å². The molecule has 12 heteroatoms. The summed E-state index contributed by atoms with van der Waals surface area (Å²) in [5, 5.41) is 20.3. The number of aromatic hydroxyl groups is 1. The molecule has 2 saturated heterocycles. The molecule has 10 nitrogen and oxygen atoms in total. The van der Waals surface area contributed by atoms with Crippen molar-refractivity contribution < 1.29 is 14.6 Å². The number of piperazine rings is 1. The summed E-state index contributed by atoms with van der Waals surface area (Å²) in [7, 11) is 2.10. The molecule has 1 amide bonds. The fourth-order valence-electron chi connectivity index (χ4n) is 5.77. The molecule has 5 rings (SSSR count). The minimum Gasteiger partial charge on any atom is -0.506 e. The highest BCUT2D eigenvalue weighted by Crippen LogP contribution is 2.37. The third kappa shape index (κ3) is 5.84. The van der Waals surface area contributed by atoms with Crippen molar-refractivity contribution >= 4 is 34.9 Å². The van der Waals surface area contributed by atoms with Gasteiger partial charge in [0, 0.05) is 61.5 Å². The fraction of sp³-hybridized carbons (Fsp3) is 0.500. The number of likely N-dealkylation sites (N-methyl/N-ethyl adjacent to an activating group) is 1. The molecule has 0 unspecified atom stereocenters. The van der Waals surface area contributed by atoms with Crippen LogP contribution in [0, 0.1) is 11.3 Å². The van der Waals surface area contributed by atoms with Crippen molar-refractivity contribution in [1.29, 1.82) is 5.26 Å². The number of rotatable bonds is 8. The topological polar surface area (TPSA) is 109 Å². The summed E-state index contributed by atoms with van der Waals surface area (Å²) >= 11 is 12.8. The molecular weight excluding hydrogens is 553 g/mol. The maximum Gasteiger partial charge on any atom is 0.318 e. The van der Waals surface area contributed by atoms with Crippen molar-refractivity contribution in [2.24, 2.45) is 0 Å². The summed E-state index contributed by atoms with van der Waals surface area (Å²) in [5.74, 6) is 0.564. The highest BCUT2D eigenvalue weighted by molar-refractivity contribution is 6.36. The standard InChI is InChI=1S/C28H33Cl2N7O3/c1-3-25(39)37-12-11-36(13-18(37)8-9-31)27-21-15-35(14-20-22(29)6-7-24(38)26(20)30)16-23(21)32-28(33-27)40-17-19-5-4-10-34(19)2/h3,6-7,18-19,38H,1,4-5,8,10-17H2,2H3/t18-,19-/m0/s1. The van der Waals surface area contributed by atoms with Gasteiger partial charge >= 0.3 is 6.01 Å². The first-order chi connectivity index (χ1) is 19.3. The Balaban J connectivity index is 1.43. The molecule has 1 aromatic heterocycles. The molecule has 212 valence electrons. The van der Waals surface area contributed by atoms with Crippen LogP contribution in [-0.2, 0) is 24.4 Å². The number of aromatic nitrogens is 2. The average Bonchev–Trinajstić information content (AvgIpc) is 3.56. The second kappa shape index (κ2) is 12.2. The minimum absolute atomic E-state index is 0.0127. The Labute approximate surface area is 244 Å². The van der Waals surface area contributed by atoms with Gasteiger partial charge < -0.3 is 24.5 Å². The molecule has 0 bridgehead atoms. The number of benzene rings is 1. The van der Waals surface area contributed by atoms with E-state index >= 15 is 0 Å². The van der Waals surface area contributed by atoms with Crippen molar-refractivity contribution in [2.75, 3.05) is 44.7 Å². The number of phenolic OH excluding ortho intramolecular Hbond substituents is 1. The Morgan fingerprint density at radius 2 is 2.08 bits per heavy atom. The summed E-state index contributed by atoms with van der Waals surface area (Å²) in [6, 6.07) is 5.70. The number of ether oxygens (including phenoxy) is 1. The Morgan fingerprint density at radius 3 is 2.80 bits per heavy atom. The quantitative estimate of drug-likeness (QED) is 0.465. The van der Waals surface area contributed by atoms with E-state index in [-0.39, 0.29) is 29.1 Å². The second-order valence-corrected chi connectivity index (χ2v) is 11.3. The molecule has 3 aliphatic rings. The van der Waals surface area contributed by atoms with Gasteiger partial charge in [-0.25, -0.2) is 0 Å². The van der Waals surface area contributed by atoms with E-state index in [1.165, 1.54) is 12.1 Å². The molecule has 2 aromatic rings. The summed E-state index contributed by atoms with van der Waals surface area (Å²) < 4.78 is 6.16. The van der Waals surface area contributed by atoms with Crippen molar-refractivity contribution in [3.63, 3.8) is 0 Å². The predicted octanol–water partition coefficient (Wildman–Crippen LogP) is 3.59. The number of carbonyl (C=O) groups is 1. The summed E-state index contributed by atoms with van der Waals surface area (Å²) in [5.41, 5.74) is 2.47. The molecule has 0 aliphatic carbocycles. The largest absolute Gasteiger partial charge is 0.506 e. The van der Waals surface area contributed by atoms with E-state index in [1.54, 1.807) is 11.0 Å². The molecule has 1 N–H and O–H groups in total. The highest BCUT2D eigenvalue weighted by Gasteiger charge is 2.34. The van der Waals surface area contributed by atoms with Crippen molar-refractivity contribution in [1.82, 2.24) is 24.7 Å². The zero-order chi connectivity index (χ0) is 28.4. The fourth-order valence-corrected chi connectivity index (χ4v) is 6.26. The van der Waals surface area contributed by atoms with Crippen LogP contribution in [0.25, 0.3) is 0 Å². The zero-order valence-corrected chi connectivity index (χ0v) is 24.0. The number of likely N-dealkylation sites (tertiary alicyclic amines) is 1. The smallest absolute Gasteiger partial charge is 0.318 e. The number of fused-ring (bicyclic) bond motifs is 1. The van der Waals surface area contributed by atoms with Gasteiger partial charge in [-0.3, -0.25) is 9.69 Å². The second-order valence-electron chi connectivity index (χ2n) is 10.5. The summed E-state index contributed by atoms with van der Waals surface area (Å²) in [6.45, 7) is 8.15. The van der Waals surface area contributed by atoms with Crippen LogP contribution in [0.1, 0.15) is 36.1 Å². The monoisotopic (exact) mass is 585 g/mol. The lowest BCUT2D eigenvalue weighted by Crippen LogP contribution is -2.55. The number of carbonyl (C=O) groups excluding carboxylic acids is 1. The first-order valence-corrected chi connectivity index (χ1v) is 14.2. The molecule has 0 radical (unpaired) electrons. The van der Waals surface area contributed by atoms with Gasteiger partial charge in [-0.05, 0) is 44.6 Å². The maximum absolute atomic E-state index is 12.5. The van der Waals surface area contributed by atoms with Gasteiger partial charge in [0.1, 0.15) is 18.2 Å². The lowest BCUT2D eigenvalue weighted by Gasteiger charge is -2.41. The van der Waals surface area contributed by atoms with E-state index in [9.17, 15) is 15.2 Å². The van der Waals surface area contributed by atoms with Crippen LogP contribution < -0.4 is 9.64 Å². The number of hydrogen-bond donors (Lipinski definition) is 1. The van der Waals surface area contributed by atoms with Crippen LogP contribution >= 0.6 is 23.2 Å². The molecule has 2 fully saturated rings. The van der Waals surface area contributed by atoms with Crippen LogP contribution in [0.15, 0.2) is 24.8 Å². The van der Waals surface area contributed by atoms with Crippen LogP contribution in [0.2, 0.25) is 10.0 Å². The van der Waals surface area contributed by atoms with Gasteiger partial charge in [0.15, 0.2) is 0 Å². The van der Waals surface area contributed by atoms with E-state index < -0.39 is 0 Å². The first-order valence-electron chi connectivity index (χ1n) is 13.4. The molecule has 40 heavy (non-hydrogen) atoms. The first kappa shape index (κ1) is 28.4. The Morgan fingerprint density at radius 1 is 1.25 bits per heavy atom. The van der Waals surface area contributed by atoms with Crippen LogP contribution in [0.3, 0.4) is 0 Å². The summed E-state index contributed by atoms with van der Waals surface area (Å²) in [6.07, 6.45) is 3.72. The van der Waals surface area contributed by atoms with E-state index in [4.69, 9.17) is 37.9 Å². The number of amides is 1. The number of nitriles is 1. The zero-order valence-electron chi connectivity index (χ0n) is 22.5. The van der Waals surface area contributed by atoms with E-state index in [0.29, 0.717) is 68.5 Å². The number of anilines is 1. The van der Waals surface area contributed by atoms with E-state index in [1.807, 2.05) is 0 Å². The van der Waals surface area contributed by atoms with Gasteiger partial charge in [-0.15, -0.1) is 0 Å². The third-order valence-electron chi connectivity index (χ3n) is 8.00. The number of halogens is 2. The van der Waals surface area contributed by atoms with E-state index in [0.717, 1.165) is 36.5 Å².